The van der Waals surface area contributed by atoms with Crippen LogP contribution >= 0.6 is 11.8 Å². The highest BCUT2D eigenvalue weighted by Gasteiger charge is 2.33. The lowest BCUT2D eigenvalue weighted by atomic mass is 10.1. The van der Waals surface area contributed by atoms with Crippen molar-refractivity contribution in [2.24, 2.45) is 0 Å². The molecule has 0 heterocycles. The highest BCUT2D eigenvalue weighted by Crippen LogP contribution is 2.37. The summed E-state index contributed by atoms with van der Waals surface area (Å²) < 4.78 is 24.9. The van der Waals surface area contributed by atoms with Crippen molar-refractivity contribution in [3.8, 4) is 0 Å². The molecule has 2 nitrogen and oxygen atoms in total. The molecule has 1 N–H and O–H groups in total. The van der Waals surface area contributed by atoms with Crippen LogP contribution < -0.4 is 0 Å². The molecule has 88 valence electrons. The maximum atomic E-state index is 13.3. The van der Waals surface area contributed by atoms with E-state index < -0.39 is 22.4 Å². The molecule has 0 bridgehead atoms. The fourth-order valence-corrected chi connectivity index (χ4v) is 2.08. The average Bonchev–Trinajstić information content (AvgIpc) is 2.22. The third-order valence-corrected chi connectivity index (χ3v) is 3.82. The van der Waals surface area contributed by atoms with Crippen LogP contribution in [0.3, 0.4) is 0 Å². The van der Waals surface area contributed by atoms with Gasteiger partial charge in [-0.1, -0.05) is 6.92 Å². The zero-order chi connectivity index (χ0) is 12.3. The van der Waals surface area contributed by atoms with Crippen LogP contribution in [0.1, 0.15) is 20.3 Å². The number of carboxylic acids is 1. The van der Waals surface area contributed by atoms with Gasteiger partial charge < -0.3 is 5.11 Å². The van der Waals surface area contributed by atoms with Gasteiger partial charge in [0.1, 0.15) is 16.4 Å². The Bertz CT molecular complexity index is 409. The molecule has 5 heteroatoms. The third kappa shape index (κ3) is 2.72. The van der Waals surface area contributed by atoms with Crippen molar-refractivity contribution in [2.75, 3.05) is 0 Å². The predicted octanol–water partition coefficient (Wildman–Crippen LogP) is 3.31. The molecular weight excluding hydrogens is 234 g/mol. The quantitative estimate of drug-likeness (QED) is 0.828. The molecule has 0 aliphatic carbocycles. The van der Waals surface area contributed by atoms with Crippen LogP contribution in [0.2, 0.25) is 0 Å². The summed E-state index contributed by atoms with van der Waals surface area (Å²) in [5.74, 6) is -2.41. The van der Waals surface area contributed by atoms with Crippen LogP contribution in [0, 0.1) is 11.6 Å². The first-order chi connectivity index (χ1) is 7.39. The SMILES string of the molecule is CCC(C)(Sc1ccc(F)cc1F)C(=O)O. The molecule has 0 saturated carbocycles. The maximum absolute atomic E-state index is 13.3. The molecule has 1 atom stereocenters. The molecule has 0 aliphatic heterocycles. The molecule has 0 fully saturated rings. The number of carbonyl (C=O) groups is 1. The predicted molar refractivity (Wildman–Crippen MR) is 58.5 cm³/mol. The molecule has 1 aromatic rings. The monoisotopic (exact) mass is 246 g/mol. The van der Waals surface area contributed by atoms with E-state index in [0.29, 0.717) is 6.42 Å². The van der Waals surface area contributed by atoms with Crippen LogP contribution in [-0.4, -0.2) is 15.8 Å². The van der Waals surface area contributed by atoms with Gasteiger partial charge in [-0.05, 0) is 25.5 Å². The average molecular weight is 246 g/mol. The van der Waals surface area contributed by atoms with Crippen LogP contribution in [0.25, 0.3) is 0 Å². The van der Waals surface area contributed by atoms with E-state index in [4.69, 9.17) is 5.11 Å². The van der Waals surface area contributed by atoms with Crippen molar-refractivity contribution in [2.45, 2.75) is 29.9 Å². The normalized spacial score (nSPS) is 14.5. The Labute approximate surface area is 96.7 Å². The number of benzene rings is 1. The molecule has 0 spiro atoms. The highest BCUT2D eigenvalue weighted by atomic mass is 32.2. The minimum atomic E-state index is -1.10. The van der Waals surface area contributed by atoms with E-state index >= 15 is 0 Å². The standard InChI is InChI=1S/C11H12F2O2S/c1-3-11(2,10(14)15)16-9-5-4-7(12)6-8(9)13/h4-6H,3H2,1-2H3,(H,14,15). The Kier molecular flexibility index (Phi) is 3.91. The van der Waals surface area contributed by atoms with Crippen molar-refractivity contribution < 1.29 is 18.7 Å². The van der Waals surface area contributed by atoms with Gasteiger partial charge in [-0.3, -0.25) is 4.79 Å². The summed E-state index contributed by atoms with van der Waals surface area (Å²) in [5.41, 5.74) is 0. The molecule has 1 aromatic carbocycles. The van der Waals surface area contributed by atoms with Gasteiger partial charge in [-0.25, -0.2) is 8.78 Å². The van der Waals surface area contributed by atoms with Gasteiger partial charge in [0.2, 0.25) is 0 Å². The maximum Gasteiger partial charge on any atom is 0.319 e. The van der Waals surface area contributed by atoms with Gasteiger partial charge >= 0.3 is 5.97 Å². The lowest BCUT2D eigenvalue weighted by Gasteiger charge is -2.22. The molecule has 0 radical (unpaired) electrons. The van der Waals surface area contributed by atoms with E-state index in [1.165, 1.54) is 13.0 Å². The van der Waals surface area contributed by atoms with Gasteiger partial charge in [0, 0.05) is 11.0 Å². The van der Waals surface area contributed by atoms with E-state index in [2.05, 4.69) is 0 Å². The molecular formula is C11H12F2O2S. The van der Waals surface area contributed by atoms with Crippen LogP contribution in [0.4, 0.5) is 8.78 Å². The summed E-state index contributed by atoms with van der Waals surface area (Å²) in [6.45, 7) is 3.23. The van der Waals surface area contributed by atoms with Gasteiger partial charge in [-0.15, -0.1) is 11.8 Å². The van der Waals surface area contributed by atoms with E-state index in [0.717, 1.165) is 23.9 Å². The van der Waals surface area contributed by atoms with Crippen LogP contribution in [0.5, 0.6) is 0 Å². The van der Waals surface area contributed by atoms with E-state index in [1.54, 1.807) is 6.92 Å². The first-order valence-electron chi connectivity index (χ1n) is 4.76. The molecule has 0 amide bonds. The molecule has 0 saturated heterocycles. The summed E-state index contributed by atoms with van der Waals surface area (Å²) in [6.07, 6.45) is 0.351. The first-order valence-corrected chi connectivity index (χ1v) is 5.58. The van der Waals surface area contributed by atoms with Gasteiger partial charge in [0.25, 0.3) is 0 Å². The van der Waals surface area contributed by atoms with Gasteiger partial charge in [-0.2, -0.15) is 0 Å². The van der Waals surface area contributed by atoms with Gasteiger partial charge in [0.05, 0.1) is 0 Å². The summed E-state index contributed by atoms with van der Waals surface area (Å²) in [5, 5.41) is 9.02. The van der Waals surface area contributed by atoms with Crippen molar-refractivity contribution in [1.82, 2.24) is 0 Å². The van der Waals surface area contributed by atoms with Crippen LogP contribution in [0.15, 0.2) is 23.1 Å². The Morgan fingerprint density at radius 3 is 2.56 bits per heavy atom. The fourth-order valence-electron chi connectivity index (χ4n) is 1.07. The third-order valence-electron chi connectivity index (χ3n) is 2.36. The summed E-state index contributed by atoms with van der Waals surface area (Å²) in [6, 6.07) is 3.12. The number of aliphatic carboxylic acids is 1. The zero-order valence-electron chi connectivity index (χ0n) is 8.96. The number of hydrogen-bond donors (Lipinski definition) is 1. The minimum Gasteiger partial charge on any atom is -0.480 e. The number of carboxylic acid groups (broad SMARTS) is 1. The Morgan fingerprint density at radius 2 is 2.12 bits per heavy atom. The Balaban J connectivity index is 2.99. The molecule has 16 heavy (non-hydrogen) atoms. The zero-order valence-corrected chi connectivity index (χ0v) is 9.78. The van der Waals surface area contributed by atoms with Crippen molar-refractivity contribution >= 4 is 17.7 Å². The van der Waals surface area contributed by atoms with E-state index in [-0.39, 0.29) is 4.90 Å². The summed E-state index contributed by atoms with van der Waals surface area (Å²) >= 11 is 0.893. The van der Waals surface area contributed by atoms with Gasteiger partial charge in [0.15, 0.2) is 0 Å². The van der Waals surface area contributed by atoms with E-state index in [9.17, 15) is 13.6 Å². The Hall–Kier alpha value is -1.10. The molecule has 0 aromatic heterocycles. The lowest BCUT2D eigenvalue weighted by Crippen LogP contribution is -2.30. The number of rotatable bonds is 4. The van der Waals surface area contributed by atoms with Crippen molar-refractivity contribution in [1.29, 1.82) is 0 Å². The number of halogens is 2. The molecule has 0 aliphatic rings. The number of thioether (sulfide) groups is 1. The topological polar surface area (TPSA) is 37.3 Å². The second kappa shape index (κ2) is 4.82. The Morgan fingerprint density at radius 1 is 1.50 bits per heavy atom. The second-order valence-corrected chi connectivity index (χ2v) is 5.11. The largest absolute Gasteiger partial charge is 0.480 e. The van der Waals surface area contributed by atoms with Crippen molar-refractivity contribution in [3.63, 3.8) is 0 Å². The highest BCUT2D eigenvalue weighted by molar-refractivity contribution is 8.01. The smallest absolute Gasteiger partial charge is 0.319 e. The van der Waals surface area contributed by atoms with Crippen molar-refractivity contribution in [3.05, 3.63) is 29.8 Å². The second-order valence-electron chi connectivity index (χ2n) is 3.57. The summed E-state index contributed by atoms with van der Waals surface area (Å²) in [7, 11) is 0. The van der Waals surface area contributed by atoms with Crippen LogP contribution in [-0.2, 0) is 4.79 Å². The molecule has 1 rings (SSSR count). The first kappa shape index (κ1) is 13.0. The fraction of sp³-hybridized carbons (Fsp3) is 0.364. The summed E-state index contributed by atoms with van der Waals surface area (Å²) in [4.78, 5) is 11.2. The number of hydrogen-bond acceptors (Lipinski definition) is 2. The van der Waals surface area contributed by atoms with E-state index in [1.807, 2.05) is 0 Å². The molecule has 1 unspecified atom stereocenters. The minimum absolute atomic E-state index is 0.146. The lowest BCUT2D eigenvalue weighted by molar-refractivity contribution is -0.139.